The Morgan fingerprint density at radius 1 is 1.19 bits per heavy atom. The number of nitrogens with two attached hydrogens (primary N) is 1. The minimum absolute atomic E-state index is 0.0595. The molecular weight excluding hydrogens is 773 g/mol. The number of pyridine rings is 1. The average molecular weight is 809 g/mol. The Labute approximate surface area is 308 Å². The van der Waals surface area contributed by atoms with Gasteiger partial charge < -0.3 is 45.4 Å². The van der Waals surface area contributed by atoms with Gasteiger partial charge in [0, 0.05) is 10.8 Å². The second kappa shape index (κ2) is 16.8. The number of β-lactam (4-membered cyclic amide) rings is 1. The molecule has 3 aromatic rings. The molecule has 0 spiro atoms. The number of oxime groups is 1. The maximum atomic E-state index is 13.2. The number of carbonyl (C=O) groups excluding carboxylic acids is 3. The van der Waals surface area contributed by atoms with Crippen LogP contribution in [0.3, 0.4) is 0 Å². The van der Waals surface area contributed by atoms with Crippen molar-refractivity contribution in [3.05, 3.63) is 41.4 Å². The number of carboxylic acids is 2. The lowest BCUT2D eigenvalue weighted by molar-refractivity contribution is -0.868. The Kier molecular flexibility index (Phi) is 13.4. The molecule has 0 bridgehead atoms. The standard InChI is InChI=1S/C27H34N8O10S2.C2HF3O2/c1-27(2)22(24(37)34(27)45-47(40,41)42)32-23(36)21(18-14-46-26(28)31-18)33-44-19(25(38)39)13-43-16-7-8-17-15(12-16)6-9-20(30-17)29-10-11-35(3,4)5;3-2(4,5)1(6)7/h6-9,12,14,19,22H,10-11,13H2,1-5H3,(H5-,28,29,30,31,32,36,38,39,40,41,42);(H,6,7)/b33-21-;/t19?,22-;/m1./s1. The highest BCUT2D eigenvalue weighted by molar-refractivity contribution is 7.80. The summed E-state index contributed by atoms with van der Waals surface area (Å²) in [6, 6.07) is 7.39. The fraction of sp³-hybridized carbons (Fsp3) is 0.414. The number of anilines is 2. The molecule has 0 saturated carbocycles. The third-order valence-electron chi connectivity index (χ3n) is 7.03. The van der Waals surface area contributed by atoms with E-state index in [0.29, 0.717) is 22.1 Å². The lowest BCUT2D eigenvalue weighted by Crippen LogP contribution is -2.76. The van der Waals surface area contributed by atoms with E-state index in [1.54, 1.807) is 18.2 Å². The highest BCUT2D eigenvalue weighted by atomic mass is 32.3. The number of aromatic nitrogens is 2. The van der Waals surface area contributed by atoms with Crippen molar-refractivity contribution in [1.29, 1.82) is 0 Å². The van der Waals surface area contributed by atoms with Crippen LogP contribution in [0.25, 0.3) is 10.9 Å². The Bertz CT molecular complexity index is 2020. The number of nitrogens with zero attached hydrogens (tertiary/aromatic N) is 5. The molecule has 6 N–H and O–H groups in total. The molecule has 1 saturated heterocycles. The van der Waals surface area contributed by atoms with Crippen LogP contribution in [-0.2, 0) is 38.7 Å². The van der Waals surface area contributed by atoms with E-state index in [1.807, 2.05) is 12.1 Å². The fourth-order valence-electron chi connectivity index (χ4n) is 4.27. The van der Waals surface area contributed by atoms with E-state index in [2.05, 4.69) is 51.2 Å². The topological polar surface area (TPSA) is 285 Å². The molecule has 2 amide bonds. The zero-order valence-corrected chi connectivity index (χ0v) is 30.6. The SMILES string of the molecule is CC1(C)[C@H](NC(=O)/C(=N\OC(COc2ccc3nc(NCC[N+](C)(C)C)ccc3c2)C(=O)O)c2csc(N)n2)C(=O)N1OS(=O)(=O)O.O=C([O-])C(F)(F)F. The number of nitrogen functional groups attached to an aromatic ring is 1. The van der Waals surface area contributed by atoms with Crippen molar-refractivity contribution in [3.8, 4) is 5.75 Å². The van der Waals surface area contributed by atoms with E-state index in [-0.39, 0.29) is 10.8 Å². The number of halogens is 3. The summed E-state index contributed by atoms with van der Waals surface area (Å²) in [7, 11) is 1.27. The molecule has 1 aromatic carbocycles. The van der Waals surface area contributed by atoms with Crippen molar-refractivity contribution < 1.29 is 73.9 Å². The Morgan fingerprint density at radius 3 is 2.35 bits per heavy atom. The fourth-order valence-corrected chi connectivity index (χ4v) is 5.27. The predicted octanol–water partition coefficient (Wildman–Crippen LogP) is -0.217. The number of hydrogen-bond donors (Lipinski definition) is 5. The van der Waals surface area contributed by atoms with Gasteiger partial charge in [-0.3, -0.25) is 14.1 Å². The molecular formula is C29H35F3N8O12S2. The van der Waals surface area contributed by atoms with Gasteiger partial charge in [0.2, 0.25) is 0 Å². The molecule has 54 heavy (non-hydrogen) atoms. The minimum Gasteiger partial charge on any atom is -0.542 e. The van der Waals surface area contributed by atoms with Gasteiger partial charge in [-0.1, -0.05) is 5.16 Å². The first kappa shape index (κ1) is 43.0. The number of carboxylic acid groups (broad SMARTS) is 2. The Balaban J connectivity index is 0.00000102. The van der Waals surface area contributed by atoms with Crippen LogP contribution in [0.1, 0.15) is 19.5 Å². The minimum atomic E-state index is -5.19. The quantitative estimate of drug-likeness (QED) is 0.0436. The summed E-state index contributed by atoms with van der Waals surface area (Å²) >= 11 is 0.960. The van der Waals surface area contributed by atoms with Crippen molar-refractivity contribution in [2.75, 3.05) is 51.9 Å². The second-order valence-electron chi connectivity index (χ2n) is 12.7. The van der Waals surface area contributed by atoms with Gasteiger partial charge in [0.15, 0.2) is 10.8 Å². The van der Waals surface area contributed by atoms with E-state index in [1.165, 1.54) is 19.2 Å². The van der Waals surface area contributed by atoms with Gasteiger partial charge in [0.1, 0.15) is 35.9 Å². The van der Waals surface area contributed by atoms with E-state index in [0.717, 1.165) is 34.3 Å². The summed E-state index contributed by atoms with van der Waals surface area (Å²) in [6.45, 7) is 3.86. The summed E-state index contributed by atoms with van der Waals surface area (Å²) in [6.07, 6.45) is -6.88. The van der Waals surface area contributed by atoms with Gasteiger partial charge in [-0.2, -0.15) is 26.7 Å². The van der Waals surface area contributed by atoms with Gasteiger partial charge in [0.05, 0.1) is 45.3 Å². The van der Waals surface area contributed by atoms with E-state index < -0.39 is 70.3 Å². The number of hydrogen-bond acceptors (Lipinski definition) is 16. The lowest BCUT2D eigenvalue weighted by atomic mass is 9.84. The van der Waals surface area contributed by atoms with Crippen molar-refractivity contribution in [1.82, 2.24) is 20.3 Å². The Morgan fingerprint density at radius 2 is 1.83 bits per heavy atom. The first-order valence-electron chi connectivity index (χ1n) is 15.1. The van der Waals surface area contributed by atoms with Crippen LogP contribution >= 0.6 is 11.3 Å². The summed E-state index contributed by atoms with van der Waals surface area (Å²) in [5.41, 5.74) is 4.36. The number of carbonyl (C=O) groups is 4. The van der Waals surface area contributed by atoms with Crippen LogP contribution in [-0.4, -0.2) is 132 Å². The lowest BCUT2D eigenvalue weighted by Gasteiger charge is -2.50. The molecule has 1 aliphatic heterocycles. The number of aliphatic carboxylic acids is 2. The summed E-state index contributed by atoms with van der Waals surface area (Å²) < 4.78 is 73.4. The highest BCUT2D eigenvalue weighted by Crippen LogP contribution is 2.33. The molecule has 1 unspecified atom stereocenters. The number of alkyl halides is 3. The summed E-state index contributed by atoms with van der Waals surface area (Å²) in [4.78, 5) is 60.3. The number of likely N-dealkylation sites (N-methyl/N-ethyl adjacent to an activating group) is 1. The van der Waals surface area contributed by atoms with E-state index in [4.69, 9.17) is 29.8 Å². The number of benzene rings is 1. The molecule has 0 radical (unpaired) electrons. The molecule has 4 rings (SSSR count). The summed E-state index contributed by atoms with van der Waals surface area (Å²) in [5.74, 6) is -5.43. The monoisotopic (exact) mass is 808 g/mol. The molecule has 20 nitrogen and oxygen atoms in total. The molecule has 2 aromatic heterocycles. The molecule has 0 aliphatic carbocycles. The number of ether oxygens (including phenoxy) is 1. The molecule has 1 fully saturated rings. The third-order valence-corrected chi connectivity index (χ3v) is 8.04. The van der Waals surface area contributed by atoms with Crippen LogP contribution in [0.2, 0.25) is 0 Å². The van der Waals surface area contributed by atoms with Crippen molar-refractivity contribution >= 4 is 73.1 Å². The maximum Gasteiger partial charge on any atom is 0.430 e. The smallest absolute Gasteiger partial charge is 0.430 e. The van der Waals surface area contributed by atoms with Crippen LogP contribution in [0.4, 0.5) is 24.1 Å². The number of amides is 2. The zero-order valence-electron chi connectivity index (χ0n) is 29.0. The van der Waals surface area contributed by atoms with E-state index >= 15 is 0 Å². The first-order chi connectivity index (χ1) is 24.8. The van der Waals surface area contributed by atoms with Crippen LogP contribution < -0.4 is 26.2 Å². The van der Waals surface area contributed by atoms with Crippen LogP contribution in [0.5, 0.6) is 5.75 Å². The number of rotatable bonds is 15. The van der Waals surface area contributed by atoms with Crippen LogP contribution in [0, 0.1) is 0 Å². The van der Waals surface area contributed by atoms with Gasteiger partial charge in [-0.15, -0.1) is 15.6 Å². The molecule has 1 aliphatic rings. The molecule has 25 heteroatoms. The largest absolute Gasteiger partial charge is 0.542 e. The maximum absolute atomic E-state index is 13.2. The molecule has 296 valence electrons. The van der Waals surface area contributed by atoms with Crippen molar-refractivity contribution in [3.63, 3.8) is 0 Å². The highest BCUT2D eigenvalue weighted by Gasteiger charge is 2.58. The van der Waals surface area contributed by atoms with Gasteiger partial charge in [0.25, 0.3) is 17.9 Å². The first-order valence-corrected chi connectivity index (χ1v) is 17.4. The molecule has 2 atom stereocenters. The Hall–Kier alpha value is -5.37. The zero-order chi connectivity index (χ0) is 40.8. The normalized spacial score (nSPS) is 16.4. The van der Waals surface area contributed by atoms with E-state index in [9.17, 15) is 41.1 Å². The summed E-state index contributed by atoms with van der Waals surface area (Å²) in [5, 5.41) is 30.5. The average Bonchev–Trinajstić information content (AvgIpc) is 3.47. The van der Waals surface area contributed by atoms with Crippen molar-refractivity contribution in [2.45, 2.75) is 37.7 Å². The van der Waals surface area contributed by atoms with Crippen molar-refractivity contribution in [2.24, 2.45) is 5.16 Å². The second-order valence-corrected chi connectivity index (χ2v) is 14.6. The van der Waals surface area contributed by atoms with Gasteiger partial charge in [-0.25, -0.2) is 14.8 Å². The van der Waals surface area contributed by atoms with Gasteiger partial charge >= 0.3 is 22.5 Å². The number of fused-ring (bicyclic) bond motifs is 1. The van der Waals surface area contributed by atoms with Gasteiger partial charge in [-0.05, 0) is 44.2 Å². The predicted molar refractivity (Wildman–Crippen MR) is 181 cm³/mol. The third kappa shape index (κ3) is 12.1. The number of nitrogens with one attached hydrogen (secondary N) is 2. The number of thiazole rings is 1. The molecule has 3 heterocycles. The number of hydroxylamine groups is 2. The van der Waals surface area contributed by atoms with Crippen LogP contribution in [0.15, 0.2) is 40.9 Å². The number of quaternary nitrogens is 1.